The van der Waals surface area contributed by atoms with Gasteiger partial charge in [-0.05, 0) is 38.4 Å². The van der Waals surface area contributed by atoms with Crippen LogP contribution in [0.15, 0.2) is 35.3 Å². The van der Waals surface area contributed by atoms with Gasteiger partial charge in [-0.3, -0.25) is 4.99 Å². The van der Waals surface area contributed by atoms with Crippen molar-refractivity contribution in [3.8, 4) is 0 Å². The van der Waals surface area contributed by atoms with Crippen LogP contribution < -0.4 is 10.6 Å². The quantitative estimate of drug-likeness (QED) is 0.543. The molecule has 1 fully saturated rings. The van der Waals surface area contributed by atoms with E-state index in [9.17, 15) is 0 Å². The van der Waals surface area contributed by atoms with E-state index in [-0.39, 0.29) is 0 Å². The van der Waals surface area contributed by atoms with Crippen molar-refractivity contribution in [2.75, 3.05) is 40.3 Å². The Labute approximate surface area is 141 Å². The molecule has 0 atom stereocenters. The van der Waals surface area contributed by atoms with Crippen molar-refractivity contribution < 1.29 is 0 Å². The number of nitrogens with zero attached hydrogens (tertiary/aromatic N) is 2. The maximum atomic E-state index is 4.35. The largest absolute Gasteiger partial charge is 0.356 e. The minimum Gasteiger partial charge on any atom is -0.356 e. The van der Waals surface area contributed by atoms with Gasteiger partial charge in [0.15, 0.2) is 5.96 Å². The van der Waals surface area contributed by atoms with E-state index in [1.807, 2.05) is 7.05 Å². The van der Waals surface area contributed by atoms with Gasteiger partial charge in [-0.25, -0.2) is 0 Å². The minimum atomic E-state index is 0.316. The lowest BCUT2D eigenvalue weighted by molar-refractivity contribution is 0.332. The molecule has 0 heterocycles. The normalized spacial score (nSPS) is 16.4. The first kappa shape index (κ1) is 17.8. The molecule has 4 heteroatoms. The molecular formula is C19H32N4. The predicted molar refractivity (Wildman–Crippen MR) is 99.1 cm³/mol. The van der Waals surface area contributed by atoms with Gasteiger partial charge in [0.25, 0.3) is 0 Å². The fourth-order valence-corrected chi connectivity index (χ4v) is 2.89. The maximum Gasteiger partial charge on any atom is 0.191 e. The summed E-state index contributed by atoms with van der Waals surface area (Å²) in [6, 6.07) is 10.8. The molecule has 0 radical (unpaired) electrons. The van der Waals surface area contributed by atoms with Crippen LogP contribution in [-0.4, -0.2) is 51.1 Å². The van der Waals surface area contributed by atoms with E-state index < -0.39 is 0 Å². The Morgan fingerprint density at radius 1 is 1.17 bits per heavy atom. The lowest BCUT2D eigenvalue weighted by Gasteiger charge is -2.20. The molecule has 1 saturated carbocycles. The molecule has 0 saturated heterocycles. The van der Waals surface area contributed by atoms with Gasteiger partial charge in [-0.1, -0.05) is 43.7 Å². The van der Waals surface area contributed by atoms with Crippen LogP contribution in [0.25, 0.3) is 0 Å². The lowest BCUT2D eigenvalue weighted by atomic mass is 9.96. The molecule has 128 valence electrons. The molecular weight excluding hydrogens is 284 g/mol. The first-order valence-electron chi connectivity index (χ1n) is 8.89. The molecule has 0 aromatic heterocycles. The van der Waals surface area contributed by atoms with Gasteiger partial charge < -0.3 is 15.5 Å². The molecule has 1 aliphatic rings. The maximum absolute atomic E-state index is 4.35. The summed E-state index contributed by atoms with van der Waals surface area (Å²) >= 11 is 0. The van der Waals surface area contributed by atoms with Crippen molar-refractivity contribution in [2.45, 2.75) is 38.0 Å². The van der Waals surface area contributed by atoms with Gasteiger partial charge >= 0.3 is 0 Å². The molecule has 1 aromatic rings. The van der Waals surface area contributed by atoms with Gasteiger partial charge in [0.05, 0.1) is 0 Å². The summed E-state index contributed by atoms with van der Waals surface area (Å²) in [5.74, 6) is 0.913. The van der Waals surface area contributed by atoms with Crippen molar-refractivity contribution in [3.05, 3.63) is 35.9 Å². The van der Waals surface area contributed by atoms with Crippen molar-refractivity contribution in [1.29, 1.82) is 0 Å². The predicted octanol–water partition coefficient (Wildman–Crippen LogP) is 2.62. The summed E-state index contributed by atoms with van der Waals surface area (Å²) < 4.78 is 0. The number of hydrogen-bond acceptors (Lipinski definition) is 2. The summed E-state index contributed by atoms with van der Waals surface area (Å²) in [5.41, 5.74) is 1.76. The van der Waals surface area contributed by atoms with Crippen molar-refractivity contribution in [3.63, 3.8) is 0 Å². The molecule has 0 amide bonds. The Balaban J connectivity index is 1.72. The molecule has 0 bridgehead atoms. The first-order chi connectivity index (χ1) is 11.2. The molecule has 23 heavy (non-hydrogen) atoms. The Morgan fingerprint density at radius 3 is 2.52 bits per heavy atom. The van der Waals surface area contributed by atoms with E-state index in [1.54, 1.807) is 0 Å². The second-order valence-corrected chi connectivity index (χ2v) is 6.66. The summed E-state index contributed by atoms with van der Waals surface area (Å²) in [6.07, 6.45) is 5.05. The Bertz CT molecular complexity index is 479. The summed E-state index contributed by atoms with van der Waals surface area (Å²) in [4.78, 5) is 6.72. The van der Waals surface area contributed by atoms with Gasteiger partial charge in [-0.2, -0.15) is 0 Å². The molecule has 0 aliphatic heterocycles. The Hall–Kier alpha value is -1.55. The van der Waals surface area contributed by atoms with E-state index >= 15 is 0 Å². The number of benzene rings is 1. The number of unbranched alkanes of at least 4 members (excludes halogenated alkanes) is 1. The Morgan fingerprint density at radius 2 is 1.91 bits per heavy atom. The molecule has 0 spiro atoms. The van der Waals surface area contributed by atoms with Crippen LogP contribution in [0.1, 0.15) is 38.2 Å². The van der Waals surface area contributed by atoms with Gasteiger partial charge in [0.2, 0.25) is 0 Å². The highest BCUT2D eigenvalue weighted by Crippen LogP contribution is 2.47. The van der Waals surface area contributed by atoms with E-state index in [1.165, 1.54) is 37.8 Å². The van der Waals surface area contributed by atoms with E-state index in [0.717, 1.165) is 25.6 Å². The average molecular weight is 316 g/mol. The van der Waals surface area contributed by atoms with E-state index in [0.29, 0.717) is 5.41 Å². The lowest BCUT2D eigenvalue weighted by Crippen LogP contribution is -2.43. The van der Waals surface area contributed by atoms with E-state index in [2.05, 4.69) is 64.8 Å². The first-order valence-corrected chi connectivity index (χ1v) is 8.89. The standard InChI is InChI=1S/C19H32N4/c1-4-5-14-23(3)15-13-21-18(20-2)22-16-19(11-12-19)17-9-7-6-8-10-17/h6-10H,4-5,11-16H2,1-3H3,(H2,20,21,22). The summed E-state index contributed by atoms with van der Waals surface area (Å²) in [5, 5.41) is 6.93. The van der Waals surface area contributed by atoms with Crippen LogP contribution in [0.3, 0.4) is 0 Å². The van der Waals surface area contributed by atoms with Crippen LogP contribution in [0, 0.1) is 0 Å². The fourth-order valence-electron chi connectivity index (χ4n) is 2.89. The van der Waals surface area contributed by atoms with Crippen molar-refractivity contribution in [1.82, 2.24) is 15.5 Å². The van der Waals surface area contributed by atoms with Crippen molar-refractivity contribution in [2.24, 2.45) is 4.99 Å². The zero-order valence-electron chi connectivity index (χ0n) is 14.9. The summed E-state index contributed by atoms with van der Waals surface area (Å²) in [7, 11) is 4.03. The van der Waals surface area contributed by atoms with Crippen LogP contribution in [-0.2, 0) is 5.41 Å². The molecule has 2 rings (SSSR count). The number of nitrogens with one attached hydrogen (secondary N) is 2. The van der Waals surface area contributed by atoms with Gasteiger partial charge in [-0.15, -0.1) is 0 Å². The van der Waals surface area contributed by atoms with Gasteiger partial charge in [0, 0.05) is 32.1 Å². The van der Waals surface area contributed by atoms with Crippen LogP contribution in [0.5, 0.6) is 0 Å². The molecule has 1 aromatic carbocycles. The smallest absolute Gasteiger partial charge is 0.191 e. The van der Waals surface area contributed by atoms with Crippen molar-refractivity contribution >= 4 is 5.96 Å². The number of hydrogen-bond donors (Lipinski definition) is 2. The summed E-state index contributed by atoms with van der Waals surface area (Å²) in [6.45, 7) is 6.34. The highest BCUT2D eigenvalue weighted by molar-refractivity contribution is 5.79. The average Bonchev–Trinajstić information content (AvgIpc) is 3.38. The van der Waals surface area contributed by atoms with Gasteiger partial charge in [0.1, 0.15) is 0 Å². The fraction of sp³-hybridized carbons (Fsp3) is 0.632. The molecule has 2 N–H and O–H groups in total. The van der Waals surface area contributed by atoms with Crippen LogP contribution in [0.4, 0.5) is 0 Å². The SMILES string of the molecule is CCCCN(C)CCNC(=NC)NCC1(c2ccccc2)CC1. The second-order valence-electron chi connectivity index (χ2n) is 6.66. The topological polar surface area (TPSA) is 39.7 Å². The third-order valence-electron chi connectivity index (χ3n) is 4.74. The number of aliphatic imine (C=N–C) groups is 1. The van der Waals surface area contributed by atoms with E-state index in [4.69, 9.17) is 0 Å². The van der Waals surface area contributed by atoms with Crippen LogP contribution in [0.2, 0.25) is 0 Å². The molecule has 0 unspecified atom stereocenters. The minimum absolute atomic E-state index is 0.316. The van der Waals surface area contributed by atoms with Crippen LogP contribution >= 0.6 is 0 Å². The Kier molecular flexibility index (Phi) is 6.90. The third-order valence-corrected chi connectivity index (χ3v) is 4.74. The number of likely N-dealkylation sites (N-methyl/N-ethyl adjacent to an activating group) is 1. The molecule has 4 nitrogen and oxygen atoms in total. The number of rotatable bonds is 9. The number of guanidine groups is 1. The highest BCUT2D eigenvalue weighted by Gasteiger charge is 2.43. The second kappa shape index (κ2) is 8.92. The highest BCUT2D eigenvalue weighted by atomic mass is 15.2. The molecule has 1 aliphatic carbocycles. The zero-order chi connectivity index (χ0) is 16.5. The third kappa shape index (κ3) is 5.54. The zero-order valence-corrected chi connectivity index (χ0v) is 14.9. The monoisotopic (exact) mass is 316 g/mol.